The van der Waals surface area contributed by atoms with Crippen LogP contribution in [0.5, 0.6) is 0 Å². The summed E-state index contributed by atoms with van der Waals surface area (Å²) in [7, 11) is 0. The quantitative estimate of drug-likeness (QED) is 0.596. The Bertz CT molecular complexity index is 494. The molecular weight excluding hydrogens is 289 g/mol. The molecule has 0 bridgehead atoms. The Labute approximate surface area is 119 Å². The molecule has 1 aromatic rings. The van der Waals surface area contributed by atoms with Crippen LogP contribution in [0.4, 0.5) is 24.5 Å². The third kappa shape index (κ3) is 4.85. The zero-order valence-electron chi connectivity index (χ0n) is 11.5. The number of halogens is 3. The molecule has 9 heteroatoms. The number of anilines is 1. The lowest BCUT2D eigenvalue weighted by Crippen LogP contribution is -2.29. The predicted octanol–water partition coefficient (Wildman–Crippen LogP) is 2.94. The van der Waals surface area contributed by atoms with Crippen molar-refractivity contribution in [2.45, 2.75) is 38.4 Å². The number of nitrogens with zero attached hydrogens (tertiary/aromatic N) is 2. The van der Waals surface area contributed by atoms with E-state index in [9.17, 15) is 23.3 Å². The standard InChI is InChI=1S/C12H17F3N4O2/c1-2-3-4-8(6-16)18-9-5-11(12(13,14)15)17-7-10(9)19(20)21/h5,7-8H,2-4,6,16H2,1H3,(H,17,18). The number of nitrogens with two attached hydrogens (primary N) is 1. The van der Waals surface area contributed by atoms with Crippen LogP contribution in [0.25, 0.3) is 0 Å². The van der Waals surface area contributed by atoms with Crippen molar-refractivity contribution in [1.82, 2.24) is 4.98 Å². The fourth-order valence-corrected chi connectivity index (χ4v) is 1.78. The van der Waals surface area contributed by atoms with Gasteiger partial charge in [-0.15, -0.1) is 0 Å². The molecule has 118 valence electrons. The van der Waals surface area contributed by atoms with Crippen LogP contribution in [0.15, 0.2) is 12.3 Å². The molecule has 0 saturated heterocycles. The summed E-state index contributed by atoms with van der Waals surface area (Å²) >= 11 is 0. The van der Waals surface area contributed by atoms with Gasteiger partial charge in [0.25, 0.3) is 0 Å². The van der Waals surface area contributed by atoms with Crippen molar-refractivity contribution in [3.63, 3.8) is 0 Å². The van der Waals surface area contributed by atoms with E-state index in [1.54, 1.807) is 0 Å². The van der Waals surface area contributed by atoms with Gasteiger partial charge >= 0.3 is 11.9 Å². The van der Waals surface area contributed by atoms with Gasteiger partial charge in [-0.1, -0.05) is 19.8 Å². The molecule has 0 aliphatic rings. The minimum Gasteiger partial charge on any atom is -0.375 e. The van der Waals surface area contributed by atoms with Gasteiger partial charge in [0.05, 0.1) is 4.92 Å². The highest BCUT2D eigenvalue weighted by atomic mass is 19.4. The van der Waals surface area contributed by atoms with E-state index in [2.05, 4.69) is 10.3 Å². The largest absolute Gasteiger partial charge is 0.433 e. The van der Waals surface area contributed by atoms with Crippen LogP contribution in [0.3, 0.4) is 0 Å². The maximum Gasteiger partial charge on any atom is 0.433 e. The van der Waals surface area contributed by atoms with E-state index in [1.807, 2.05) is 6.92 Å². The Balaban J connectivity index is 3.08. The van der Waals surface area contributed by atoms with Gasteiger partial charge in [-0.2, -0.15) is 13.2 Å². The normalized spacial score (nSPS) is 13.0. The number of alkyl halides is 3. The van der Waals surface area contributed by atoms with Gasteiger partial charge < -0.3 is 11.1 Å². The van der Waals surface area contributed by atoms with Gasteiger partial charge in [0.1, 0.15) is 17.6 Å². The Morgan fingerprint density at radius 1 is 1.52 bits per heavy atom. The van der Waals surface area contributed by atoms with Crippen molar-refractivity contribution in [2.24, 2.45) is 5.73 Å². The van der Waals surface area contributed by atoms with Crippen molar-refractivity contribution in [1.29, 1.82) is 0 Å². The first-order valence-electron chi connectivity index (χ1n) is 6.47. The van der Waals surface area contributed by atoms with Crippen LogP contribution >= 0.6 is 0 Å². The van der Waals surface area contributed by atoms with Gasteiger partial charge in [-0.05, 0) is 12.5 Å². The van der Waals surface area contributed by atoms with E-state index in [4.69, 9.17) is 5.73 Å². The van der Waals surface area contributed by atoms with Crippen molar-refractivity contribution in [3.05, 3.63) is 28.1 Å². The van der Waals surface area contributed by atoms with Crippen molar-refractivity contribution in [2.75, 3.05) is 11.9 Å². The molecule has 1 rings (SSSR count). The van der Waals surface area contributed by atoms with E-state index in [-0.39, 0.29) is 18.3 Å². The monoisotopic (exact) mass is 306 g/mol. The minimum absolute atomic E-state index is 0.167. The van der Waals surface area contributed by atoms with E-state index in [0.29, 0.717) is 18.7 Å². The summed E-state index contributed by atoms with van der Waals surface area (Å²) < 4.78 is 37.9. The average Bonchev–Trinajstić information content (AvgIpc) is 2.41. The second-order valence-corrected chi connectivity index (χ2v) is 4.56. The number of nitro groups is 1. The third-order valence-corrected chi connectivity index (χ3v) is 2.92. The first-order valence-corrected chi connectivity index (χ1v) is 6.47. The Morgan fingerprint density at radius 2 is 2.19 bits per heavy atom. The lowest BCUT2D eigenvalue weighted by atomic mass is 10.1. The van der Waals surface area contributed by atoms with Gasteiger partial charge in [-0.25, -0.2) is 4.98 Å². The molecule has 0 amide bonds. The van der Waals surface area contributed by atoms with Crippen LogP contribution in [-0.4, -0.2) is 22.5 Å². The van der Waals surface area contributed by atoms with Gasteiger partial charge in [-0.3, -0.25) is 10.1 Å². The third-order valence-electron chi connectivity index (χ3n) is 2.92. The van der Waals surface area contributed by atoms with Gasteiger partial charge in [0, 0.05) is 12.6 Å². The van der Waals surface area contributed by atoms with E-state index < -0.39 is 22.5 Å². The highest BCUT2D eigenvalue weighted by Crippen LogP contribution is 2.33. The molecule has 3 N–H and O–H groups in total. The molecule has 0 spiro atoms. The Morgan fingerprint density at radius 3 is 2.67 bits per heavy atom. The number of nitrogens with one attached hydrogen (secondary N) is 1. The molecule has 0 saturated carbocycles. The zero-order chi connectivity index (χ0) is 16.0. The van der Waals surface area contributed by atoms with Crippen molar-refractivity contribution >= 4 is 11.4 Å². The molecule has 0 radical (unpaired) electrons. The van der Waals surface area contributed by atoms with E-state index in [1.165, 1.54) is 0 Å². The Hall–Kier alpha value is -1.90. The second kappa shape index (κ2) is 7.21. The zero-order valence-corrected chi connectivity index (χ0v) is 11.5. The number of pyridine rings is 1. The summed E-state index contributed by atoms with van der Waals surface area (Å²) in [4.78, 5) is 13.2. The summed E-state index contributed by atoms with van der Waals surface area (Å²) in [6.45, 7) is 2.13. The molecule has 1 atom stereocenters. The smallest absolute Gasteiger partial charge is 0.375 e. The van der Waals surface area contributed by atoms with Crippen LogP contribution in [0, 0.1) is 10.1 Å². The summed E-state index contributed by atoms with van der Waals surface area (Å²) in [6.07, 6.45) is -1.72. The summed E-state index contributed by atoms with van der Waals surface area (Å²) in [5, 5.41) is 13.6. The molecule has 0 fully saturated rings. The van der Waals surface area contributed by atoms with Crippen LogP contribution < -0.4 is 11.1 Å². The summed E-state index contributed by atoms with van der Waals surface area (Å²) in [5.41, 5.74) is 3.65. The summed E-state index contributed by atoms with van der Waals surface area (Å²) in [5.74, 6) is 0. The minimum atomic E-state index is -4.66. The lowest BCUT2D eigenvalue weighted by Gasteiger charge is -2.18. The number of hydrogen-bond donors (Lipinski definition) is 2. The highest BCUT2D eigenvalue weighted by Gasteiger charge is 2.34. The number of rotatable bonds is 7. The van der Waals surface area contributed by atoms with Crippen LogP contribution in [-0.2, 0) is 6.18 Å². The van der Waals surface area contributed by atoms with E-state index in [0.717, 1.165) is 12.8 Å². The molecule has 6 nitrogen and oxygen atoms in total. The number of aromatic nitrogens is 1. The van der Waals surface area contributed by atoms with Gasteiger partial charge in [0.15, 0.2) is 0 Å². The molecule has 0 aromatic carbocycles. The molecule has 1 unspecified atom stereocenters. The predicted molar refractivity (Wildman–Crippen MR) is 71.9 cm³/mol. The maximum atomic E-state index is 12.6. The molecule has 0 aliphatic heterocycles. The maximum absolute atomic E-state index is 12.6. The summed E-state index contributed by atoms with van der Waals surface area (Å²) in [6, 6.07) is 0.319. The molecule has 21 heavy (non-hydrogen) atoms. The number of unbranched alkanes of at least 4 members (excludes halogenated alkanes) is 1. The molecule has 1 aromatic heterocycles. The molecule has 1 heterocycles. The molecular formula is C12H17F3N4O2. The van der Waals surface area contributed by atoms with Crippen molar-refractivity contribution in [3.8, 4) is 0 Å². The van der Waals surface area contributed by atoms with Crippen LogP contribution in [0.1, 0.15) is 31.9 Å². The first kappa shape index (κ1) is 17.2. The second-order valence-electron chi connectivity index (χ2n) is 4.56. The first-order chi connectivity index (χ1) is 9.79. The Kier molecular flexibility index (Phi) is 5.89. The van der Waals surface area contributed by atoms with Crippen LogP contribution in [0.2, 0.25) is 0 Å². The van der Waals surface area contributed by atoms with Gasteiger partial charge in [0.2, 0.25) is 0 Å². The topological polar surface area (TPSA) is 94.1 Å². The fourth-order valence-electron chi connectivity index (χ4n) is 1.78. The van der Waals surface area contributed by atoms with Crippen molar-refractivity contribution < 1.29 is 18.1 Å². The average molecular weight is 306 g/mol. The fraction of sp³-hybridized carbons (Fsp3) is 0.583. The molecule has 0 aliphatic carbocycles. The van der Waals surface area contributed by atoms with E-state index >= 15 is 0 Å². The highest BCUT2D eigenvalue weighted by molar-refractivity contribution is 5.61. The number of hydrogen-bond acceptors (Lipinski definition) is 5. The SMILES string of the molecule is CCCCC(CN)Nc1cc(C(F)(F)F)ncc1[N+](=O)[O-]. The lowest BCUT2D eigenvalue weighted by molar-refractivity contribution is -0.384.